The second kappa shape index (κ2) is 6.30. The van der Waals surface area contributed by atoms with Crippen molar-refractivity contribution in [1.29, 1.82) is 0 Å². The minimum atomic E-state index is -0.387. The summed E-state index contributed by atoms with van der Waals surface area (Å²) in [5, 5.41) is 2.79. The molecule has 0 saturated heterocycles. The van der Waals surface area contributed by atoms with Crippen LogP contribution in [0.3, 0.4) is 0 Å². The third-order valence-corrected chi connectivity index (χ3v) is 3.96. The van der Waals surface area contributed by atoms with Crippen LogP contribution in [0.5, 0.6) is 0 Å². The maximum atomic E-state index is 13.1. The van der Waals surface area contributed by atoms with Gasteiger partial charge in [-0.1, -0.05) is 34.1 Å². The molecule has 0 bridgehead atoms. The van der Waals surface area contributed by atoms with E-state index in [0.717, 1.165) is 10.0 Å². The minimum absolute atomic E-state index is 0.239. The zero-order valence-corrected chi connectivity index (χ0v) is 13.0. The molecule has 1 amide bonds. The summed E-state index contributed by atoms with van der Waals surface area (Å²) in [5.74, 6) is -0.626. The van der Waals surface area contributed by atoms with E-state index in [1.54, 1.807) is 0 Å². The Balaban J connectivity index is 2.05. The fourth-order valence-corrected chi connectivity index (χ4v) is 2.36. The Morgan fingerprint density at radius 1 is 1.11 bits per heavy atom. The zero-order chi connectivity index (χ0) is 13.8. The molecule has 0 radical (unpaired) electrons. The van der Waals surface area contributed by atoms with E-state index in [4.69, 9.17) is 0 Å². The molecule has 2 rings (SSSR count). The highest BCUT2D eigenvalue weighted by atomic mass is 79.9. The Morgan fingerprint density at radius 2 is 1.84 bits per heavy atom. The van der Waals surface area contributed by atoms with E-state index < -0.39 is 0 Å². The van der Waals surface area contributed by atoms with Gasteiger partial charge in [0.15, 0.2) is 0 Å². The third kappa shape index (κ3) is 3.64. The summed E-state index contributed by atoms with van der Waals surface area (Å²) in [4.78, 5) is 11.9. The van der Waals surface area contributed by atoms with Crippen LogP contribution in [0.4, 0.5) is 4.39 Å². The first-order valence-electron chi connectivity index (χ1n) is 5.54. The molecule has 0 unspecified atom stereocenters. The number of carbonyl (C=O) groups excluding carboxylic acids is 1. The molecule has 2 nitrogen and oxygen atoms in total. The maximum Gasteiger partial charge on any atom is 0.251 e. The summed E-state index contributed by atoms with van der Waals surface area (Å²) in [6.45, 7) is 0.412. The maximum absolute atomic E-state index is 13.1. The molecule has 0 aromatic heterocycles. The number of carbonyl (C=O) groups is 1. The van der Waals surface area contributed by atoms with Crippen LogP contribution in [0.2, 0.25) is 0 Å². The summed E-state index contributed by atoms with van der Waals surface area (Å²) in [6, 6.07) is 11.8. The predicted molar refractivity (Wildman–Crippen MR) is 79.4 cm³/mol. The van der Waals surface area contributed by atoms with Crippen molar-refractivity contribution in [1.82, 2.24) is 5.32 Å². The molecule has 19 heavy (non-hydrogen) atoms. The second-order valence-corrected chi connectivity index (χ2v) is 5.61. The molecule has 2 aromatic carbocycles. The lowest BCUT2D eigenvalue weighted by molar-refractivity contribution is 0.0950. The van der Waals surface area contributed by atoms with Gasteiger partial charge in [-0.2, -0.15) is 0 Å². The number of halogens is 3. The summed E-state index contributed by atoms with van der Waals surface area (Å²) < 4.78 is 14.3. The first-order chi connectivity index (χ1) is 9.08. The highest BCUT2D eigenvalue weighted by molar-refractivity contribution is 9.10. The Labute approximate surface area is 127 Å². The molecule has 5 heteroatoms. The molecule has 0 fully saturated rings. The standard InChI is InChI=1S/C14H10Br2FNO/c15-11-4-2-1-3-10(11)8-18-14(19)9-5-6-13(17)12(16)7-9/h1-7H,8H2,(H,18,19). The normalized spacial score (nSPS) is 10.3. The van der Waals surface area contributed by atoms with Crippen molar-refractivity contribution in [2.75, 3.05) is 0 Å². The van der Waals surface area contributed by atoms with Gasteiger partial charge in [-0.05, 0) is 45.8 Å². The van der Waals surface area contributed by atoms with Crippen LogP contribution in [-0.4, -0.2) is 5.91 Å². The Hall–Kier alpha value is -1.20. The van der Waals surface area contributed by atoms with Crippen molar-refractivity contribution < 1.29 is 9.18 Å². The van der Waals surface area contributed by atoms with Crippen LogP contribution in [-0.2, 0) is 6.54 Å². The van der Waals surface area contributed by atoms with Gasteiger partial charge in [0.2, 0.25) is 0 Å². The molecule has 0 heterocycles. The molecule has 0 saturated carbocycles. The van der Waals surface area contributed by atoms with Crippen LogP contribution in [0, 0.1) is 5.82 Å². The number of amides is 1. The number of benzene rings is 2. The lowest BCUT2D eigenvalue weighted by atomic mass is 10.2. The number of hydrogen-bond acceptors (Lipinski definition) is 1. The monoisotopic (exact) mass is 385 g/mol. The predicted octanol–water partition coefficient (Wildman–Crippen LogP) is 4.28. The summed E-state index contributed by atoms with van der Waals surface area (Å²) in [6.07, 6.45) is 0. The average molecular weight is 387 g/mol. The summed E-state index contributed by atoms with van der Waals surface area (Å²) in [7, 11) is 0. The van der Waals surface area contributed by atoms with Gasteiger partial charge in [0.25, 0.3) is 5.91 Å². The van der Waals surface area contributed by atoms with Crippen molar-refractivity contribution >= 4 is 37.8 Å². The van der Waals surface area contributed by atoms with Crippen LogP contribution in [0.25, 0.3) is 0 Å². The smallest absolute Gasteiger partial charge is 0.251 e. The van der Waals surface area contributed by atoms with Gasteiger partial charge in [0.1, 0.15) is 5.82 Å². The molecule has 0 aliphatic heterocycles. The Kier molecular flexibility index (Phi) is 4.71. The molecule has 0 spiro atoms. The van der Waals surface area contributed by atoms with Crippen molar-refractivity contribution in [3.63, 3.8) is 0 Å². The molecule has 1 N–H and O–H groups in total. The molecular formula is C14H10Br2FNO. The van der Waals surface area contributed by atoms with E-state index in [9.17, 15) is 9.18 Å². The number of nitrogens with one attached hydrogen (secondary N) is 1. The van der Waals surface area contributed by atoms with Gasteiger partial charge in [-0.25, -0.2) is 4.39 Å². The van der Waals surface area contributed by atoms with Gasteiger partial charge in [0.05, 0.1) is 4.47 Å². The zero-order valence-electron chi connectivity index (χ0n) is 9.79. The molecule has 0 atom stereocenters. The summed E-state index contributed by atoms with van der Waals surface area (Å²) >= 11 is 6.47. The quantitative estimate of drug-likeness (QED) is 0.837. The fourth-order valence-electron chi connectivity index (χ4n) is 1.56. The van der Waals surface area contributed by atoms with Crippen molar-refractivity contribution in [3.05, 3.63) is 68.4 Å². The summed E-state index contributed by atoms with van der Waals surface area (Å²) in [5.41, 5.74) is 1.40. The molecular weight excluding hydrogens is 377 g/mol. The van der Waals surface area contributed by atoms with Gasteiger partial charge in [0, 0.05) is 16.6 Å². The highest BCUT2D eigenvalue weighted by Gasteiger charge is 2.08. The van der Waals surface area contributed by atoms with E-state index in [2.05, 4.69) is 37.2 Å². The van der Waals surface area contributed by atoms with E-state index in [1.165, 1.54) is 18.2 Å². The van der Waals surface area contributed by atoms with Crippen LogP contribution in [0.1, 0.15) is 15.9 Å². The third-order valence-electron chi connectivity index (χ3n) is 2.58. The number of rotatable bonds is 3. The van der Waals surface area contributed by atoms with Crippen molar-refractivity contribution in [2.24, 2.45) is 0 Å². The largest absolute Gasteiger partial charge is 0.348 e. The van der Waals surface area contributed by atoms with E-state index in [0.29, 0.717) is 12.1 Å². The van der Waals surface area contributed by atoms with Crippen LogP contribution < -0.4 is 5.32 Å². The molecule has 0 aliphatic carbocycles. The van der Waals surface area contributed by atoms with Gasteiger partial charge >= 0.3 is 0 Å². The van der Waals surface area contributed by atoms with Gasteiger partial charge < -0.3 is 5.32 Å². The van der Waals surface area contributed by atoms with Crippen LogP contribution in [0.15, 0.2) is 51.4 Å². The second-order valence-electron chi connectivity index (χ2n) is 3.90. The molecule has 0 aliphatic rings. The van der Waals surface area contributed by atoms with Gasteiger partial charge in [-0.3, -0.25) is 4.79 Å². The van der Waals surface area contributed by atoms with E-state index >= 15 is 0 Å². The molecule has 2 aromatic rings. The Morgan fingerprint density at radius 3 is 2.53 bits per heavy atom. The first kappa shape index (κ1) is 14.2. The van der Waals surface area contributed by atoms with Crippen molar-refractivity contribution in [2.45, 2.75) is 6.54 Å². The lowest BCUT2D eigenvalue weighted by Crippen LogP contribution is -2.23. The minimum Gasteiger partial charge on any atom is -0.348 e. The van der Waals surface area contributed by atoms with E-state index in [-0.39, 0.29) is 16.2 Å². The van der Waals surface area contributed by atoms with Crippen LogP contribution >= 0.6 is 31.9 Å². The fraction of sp³-hybridized carbons (Fsp3) is 0.0714. The number of hydrogen-bond donors (Lipinski definition) is 1. The Bertz CT molecular complexity index is 616. The SMILES string of the molecule is O=C(NCc1ccccc1Br)c1ccc(F)c(Br)c1. The van der Waals surface area contributed by atoms with Crippen molar-refractivity contribution in [3.8, 4) is 0 Å². The van der Waals surface area contributed by atoms with E-state index in [1.807, 2.05) is 24.3 Å². The topological polar surface area (TPSA) is 29.1 Å². The molecule has 98 valence electrons. The first-order valence-corrected chi connectivity index (χ1v) is 7.13. The average Bonchev–Trinajstić information content (AvgIpc) is 2.40. The van der Waals surface area contributed by atoms with Gasteiger partial charge in [-0.15, -0.1) is 0 Å². The highest BCUT2D eigenvalue weighted by Crippen LogP contribution is 2.18. The lowest BCUT2D eigenvalue weighted by Gasteiger charge is -2.07.